The van der Waals surface area contributed by atoms with Gasteiger partial charge in [-0.05, 0) is 17.1 Å². The molecule has 2 aromatic rings. The number of sulfone groups is 1. The second-order valence-electron chi connectivity index (χ2n) is 3.83. The highest BCUT2D eigenvalue weighted by Crippen LogP contribution is 2.11. The van der Waals surface area contributed by atoms with Crippen molar-refractivity contribution in [2.45, 2.75) is 11.4 Å². The lowest BCUT2D eigenvalue weighted by Crippen LogP contribution is -2.13. The average molecular weight is 281 g/mol. The van der Waals surface area contributed by atoms with Crippen molar-refractivity contribution < 1.29 is 13.3 Å². The molecule has 1 aromatic carbocycles. The van der Waals surface area contributed by atoms with Gasteiger partial charge in [-0.3, -0.25) is 0 Å². The highest BCUT2D eigenvalue weighted by atomic mass is 32.2. The Kier molecular flexibility index (Phi) is 3.61. The van der Waals surface area contributed by atoms with Gasteiger partial charge in [-0.1, -0.05) is 18.2 Å². The maximum Gasteiger partial charge on any atom is 0.389 e. The van der Waals surface area contributed by atoms with E-state index < -0.39 is 14.8 Å². The van der Waals surface area contributed by atoms with Crippen LogP contribution in [0.2, 0.25) is 0 Å². The van der Waals surface area contributed by atoms with Gasteiger partial charge >= 0.3 is 5.82 Å². The molecule has 1 heterocycles. The van der Waals surface area contributed by atoms with Crippen LogP contribution in [0.5, 0.6) is 0 Å². The van der Waals surface area contributed by atoms with Crippen LogP contribution in [0.4, 0.5) is 5.82 Å². The second kappa shape index (κ2) is 5.19. The molecule has 0 bridgehead atoms. The van der Waals surface area contributed by atoms with E-state index in [2.05, 4.69) is 5.10 Å². The van der Waals surface area contributed by atoms with Gasteiger partial charge in [0.2, 0.25) is 0 Å². The molecule has 0 radical (unpaired) electrons. The molecule has 19 heavy (non-hydrogen) atoms. The van der Waals surface area contributed by atoms with Crippen molar-refractivity contribution in [2.75, 3.05) is 5.75 Å². The van der Waals surface area contributed by atoms with Crippen molar-refractivity contribution in [3.63, 3.8) is 0 Å². The van der Waals surface area contributed by atoms with Crippen LogP contribution in [0.15, 0.2) is 47.5 Å². The Balaban J connectivity index is 2.08. The molecular formula is C11H11N3O4S. The third kappa shape index (κ3) is 3.16. The second-order valence-corrected chi connectivity index (χ2v) is 5.94. The van der Waals surface area contributed by atoms with E-state index in [1.54, 1.807) is 18.2 Å². The Morgan fingerprint density at radius 3 is 2.47 bits per heavy atom. The lowest BCUT2D eigenvalue weighted by atomic mass is 10.4. The summed E-state index contributed by atoms with van der Waals surface area (Å²) in [6.07, 6.45) is 1.39. The summed E-state index contributed by atoms with van der Waals surface area (Å²) in [7, 11) is -3.40. The topological polar surface area (TPSA) is 95.1 Å². The zero-order valence-corrected chi connectivity index (χ0v) is 10.7. The predicted octanol–water partition coefficient (Wildman–Crippen LogP) is 1.27. The molecule has 0 fully saturated rings. The molecule has 0 aliphatic carbocycles. The van der Waals surface area contributed by atoms with E-state index in [0.717, 1.165) is 0 Å². The number of rotatable bonds is 5. The molecule has 2 rings (SSSR count). The van der Waals surface area contributed by atoms with Crippen LogP contribution >= 0.6 is 0 Å². The minimum Gasteiger partial charge on any atom is -0.358 e. The third-order valence-corrected chi connectivity index (χ3v) is 4.22. The van der Waals surface area contributed by atoms with Gasteiger partial charge < -0.3 is 10.1 Å². The van der Waals surface area contributed by atoms with Crippen molar-refractivity contribution in [3.05, 3.63) is 52.7 Å². The number of hydrogen-bond donors (Lipinski definition) is 0. The van der Waals surface area contributed by atoms with E-state index in [1.807, 2.05) is 0 Å². The third-order valence-electron chi connectivity index (χ3n) is 2.51. The molecule has 0 saturated carbocycles. The van der Waals surface area contributed by atoms with Crippen LogP contribution in [0.3, 0.4) is 0 Å². The van der Waals surface area contributed by atoms with E-state index in [-0.39, 0.29) is 23.0 Å². The normalized spacial score (nSPS) is 11.4. The molecule has 8 heteroatoms. The molecule has 0 N–H and O–H groups in total. The van der Waals surface area contributed by atoms with Crippen LogP contribution < -0.4 is 0 Å². The fourth-order valence-electron chi connectivity index (χ4n) is 1.53. The lowest BCUT2D eigenvalue weighted by molar-refractivity contribution is -0.389. The largest absolute Gasteiger partial charge is 0.389 e. The van der Waals surface area contributed by atoms with Gasteiger partial charge in [-0.25, -0.2) is 8.42 Å². The molecular weight excluding hydrogens is 270 g/mol. The molecule has 0 amide bonds. The Morgan fingerprint density at radius 1 is 1.21 bits per heavy atom. The van der Waals surface area contributed by atoms with Gasteiger partial charge in [0.25, 0.3) is 0 Å². The van der Waals surface area contributed by atoms with Crippen molar-refractivity contribution >= 4 is 15.7 Å². The summed E-state index contributed by atoms with van der Waals surface area (Å²) in [4.78, 5) is 10.1. The maximum absolute atomic E-state index is 12.0. The highest BCUT2D eigenvalue weighted by Gasteiger charge is 2.16. The van der Waals surface area contributed by atoms with Crippen molar-refractivity contribution in [3.8, 4) is 0 Å². The first-order chi connectivity index (χ1) is 8.99. The van der Waals surface area contributed by atoms with E-state index in [9.17, 15) is 18.5 Å². The Morgan fingerprint density at radius 2 is 1.89 bits per heavy atom. The zero-order chi connectivity index (χ0) is 13.9. The SMILES string of the molecule is O=[N+]([O-])c1ccn(CCS(=O)(=O)c2ccccc2)n1. The van der Waals surface area contributed by atoms with Crippen LogP contribution in [0.25, 0.3) is 0 Å². The average Bonchev–Trinajstić information content (AvgIpc) is 2.87. The maximum atomic E-state index is 12.0. The summed E-state index contributed by atoms with van der Waals surface area (Å²) in [5.74, 6) is -0.451. The van der Waals surface area contributed by atoms with Gasteiger partial charge in [0.15, 0.2) is 9.84 Å². The first-order valence-corrected chi connectivity index (χ1v) is 7.10. The van der Waals surface area contributed by atoms with Crippen molar-refractivity contribution in [1.29, 1.82) is 0 Å². The standard InChI is InChI=1S/C11H11N3O4S/c15-14(16)11-6-7-13(12-11)8-9-19(17,18)10-4-2-1-3-5-10/h1-7H,8-9H2. The molecule has 0 aliphatic heterocycles. The van der Waals surface area contributed by atoms with Gasteiger partial charge in [0, 0.05) is 0 Å². The fourth-order valence-corrected chi connectivity index (χ4v) is 2.77. The van der Waals surface area contributed by atoms with Gasteiger partial charge in [-0.2, -0.15) is 4.68 Å². The fraction of sp³-hybridized carbons (Fsp3) is 0.182. The molecule has 100 valence electrons. The first kappa shape index (κ1) is 13.2. The summed E-state index contributed by atoms with van der Waals surface area (Å²) in [6.45, 7) is 0.0745. The summed E-state index contributed by atoms with van der Waals surface area (Å²) in [6, 6.07) is 9.28. The minimum absolute atomic E-state index is 0.0745. The quantitative estimate of drug-likeness (QED) is 0.607. The lowest BCUT2D eigenvalue weighted by Gasteiger charge is -2.02. The highest BCUT2D eigenvalue weighted by molar-refractivity contribution is 7.91. The molecule has 0 aliphatic rings. The number of aryl methyl sites for hydroxylation is 1. The Bertz CT molecular complexity index is 679. The smallest absolute Gasteiger partial charge is 0.358 e. The number of nitro groups is 1. The molecule has 0 atom stereocenters. The summed E-state index contributed by atoms with van der Waals surface area (Å²) in [5, 5.41) is 14.1. The molecule has 0 saturated heterocycles. The van der Waals surface area contributed by atoms with Crippen LogP contribution in [0.1, 0.15) is 0 Å². The van der Waals surface area contributed by atoms with Crippen molar-refractivity contribution in [1.82, 2.24) is 9.78 Å². The van der Waals surface area contributed by atoms with Gasteiger partial charge in [0.1, 0.15) is 0 Å². The first-order valence-electron chi connectivity index (χ1n) is 5.45. The monoisotopic (exact) mass is 281 g/mol. The van der Waals surface area contributed by atoms with E-state index in [4.69, 9.17) is 0 Å². The minimum atomic E-state index is -3.40. The number of aromatic nitrogens is 2. The Labute approximate surface area is 109 Å². The van der Waals surface area contributed by atoms with E-state index in [1.165, 1.54) is 29.1 Å². The number of benzene rings is 1. The Hall–Kier alpha value is -2.22. The van der Waals surface area contributed by atoms with E-state index in [0.29, 0.717) is 0 Å². The molecule has 0 unspecified atom stereocenters. The summed E-state index contributed by atoms with van der Waals surface area (Å²) < 4.78 is 25.2. The van der Waals surface area contributed by atoms with E-state index >= 15 is 0 Å². The van der Waals surface area contributed by atoms with Crippen molar-refractivity contribution in [2.24, 2.45) is 0 Å². The molecule has 0 spiro atoms. The summed E-state index contributed by atoms with van der Waals surface area (Å²) in [5.41, 5.74) is 0. The zero-order valence-electron chi connectivity index (χ0n) is 9.84. The van der Waals surface area contributed by atoms with Crippen LogP contribution in [-0.4, -0.2) is 28.9 Å². The predicted molar refractivity (Wildman–Crippen MR) is 67.4 cm³/mol. The van der Waals surface area contributed by atoms with Gasteiger partial charge in [0.05, 0.1) is 34.6 Å². The number of nitrogens with zero attached hydrogens (tertiary/aromatic N) is 3. The van der Waals surface area contributed by atoms with Crippen LogP contribution in [0, 0.1) is 10.1 Å². The molecule has 1 aromatic heterocycles. The number of hydrogen-bond acceptors (Lipinski definition) is 5. The van der Waals surface area contributed by atoms with Crippen LogP contribution in [-0.2, 0) is 16.4 Å². The summed E-state index contributed by atoms with van der Waals surface area (Å²) >= 11 is 0. The van der Waals surface area contributed by atoms with Gasteiger partial charge in [-0.15, -0.1) is 0 Å². The molecule has 7 nitrogen and oxygen atoms in total.